The van der Waals surface area contributed by atoms with Crippen molar-refractivity contribution < 1.29 is 0 Å². The molecule has 0 aliphatic carbocycles. The van der Waals surface area contributed by atoms with Crippen molar-refractivity contribution in [3.05, 3.63) is 38.8 Å². The van der Waals surface area contributed by atoms with Crippen LogP contribution >= 0.6 is 27.3 Å². The average Bonchev–Trinajstić information content (AvgIpc) is 2.84. The van der Waals surface area contributed by atoms with E-state index >= 15 is 0 Å². The highest BCUT2D eigenvalue weighted by Gasteiger charge is 2.07. The zero-order chi connectivity index (χ0) is 11.5. The minimum Gasteiger partial charge on any atom is -0.305 e. The molecule has 0 amide bonds. The summed E-state index contributed by atoms with van der Waals surface area (Å²) in [6.45, 7) is 3.05. The number of nitrogens with one attached hydrogen (secondary N) is 1. The zero-order valence-corrected chi connectivity index (χ0v) is 11.7. The van der Waals surface area contributed by atoms with Gasteiger partial charge in [0, 0.05) is 46.1 Å². The van der Waals surface area contributed by atoms with Crippen LogP contribution in [0.1, 0.15) is 23.4 Å². The zero-order valence-electron chi connectivity index (χ0n) is 9.27. The Morgan fingerprint density at radius 3 is 3.00 bits per heavy atom. The van der Waals surface area contributed by atoms with Crippen molar-refractivity contribution in [3.8, 4) is 0 Å². The van der Waals surface area contributed by atoms with E-state index in [9.17, 15) is 0 Å². The second-order valence-corrected chi connectivity index (χ2v) is 5.69. The first kappa shape index (κ1) is 11.8. The summed E-state index contributed by atoms with van der Waals surface area (Å²) in [5, 5.41) is 9.75. The van der Waals surface area contributed by atoms with Crippen LogP contribution in [0, 0.1) is 0 Å². The Bertz CT molecular complexity index is 463. The minimum atomic E-state index is 0.328. The van der Waals surface area contributed by atoms with Gasteiger partial charge < -0.3 is 5.32 Å². The fraction of sp³-hybridized carbons (Fsp3) is 0.364. The molecule has 0 aliphatic heterocycles. The molecule has 1 N–H and O–H groups in total. The maximum absolute atomic E-state index is 4.17. The van der Waals surface area contributed by atoms with Crippen molar-refractivity contribution in [2.75, 3.05) is 0 Å². The topological polar surface area (TPSA) is 29.9 Å². The minimum absolute atomic E-state index is 0.328. The number of nitrogens with zero attached hydrogens (tertiary/aromatic N) is 2. The van der Waals surface area contributed by atoms with E-state index in [0.717, 1.165) is 11.0 Å². The fourth-order valence-corrected chi connectivity index (χ4v) is 2.88. The van der Waals surface area contributed by atoms with Crippen molar-refractivity contribution >= 4 is 27.3 Å². The molecule has 5 heteroatoms. The second-order valence-electron chi connectivity index (χ2n) is 3.78. The van der Waals surface area contributed by atoms with E-state index in [1.165, 1.54) is 10.4 Å². The molecule has 0 saturated heterocycles. The largest absolute Gasteiger partial charge is 0.305 e. The van der Waals surface area contributed by atoms with Crippen LogP contribution in [0.4, 0.5) is 0 Å². The van der Waals surface area contributed by atoms with Crippen LogP contribution in [0.3, 0.4) is 0 Å². The van der Waals surface area contributed by atoms with Crippen molar-refractivity contribution in [1.82, 2.24) is 15.1 Å². The lowest BCUT2D eigenvalue weighted by molar-refractivity contribution is 0.578. The molecule has 0 bridgehead atoms. The monoisotopic (exact) mass is 299 g/mol. The first-order valence-corrected chi connectivity index (χ1v) is 6.77. The maximum Gasteiger partial charge on any atom is 0.0537 e. The summed E-state index contributed by atoms with van der Waals surface area (Å²) in [7, 11) is 1.94. The normalized spacial score (nSPS) is 12.9. The van der Waals surface area contributed by atoms with Crippen LogP contribution in [-0.2, 0) is 13.6 Å². The van der Waals surface area contributed by atoms with Crippen LogP contribution in [0.5, 0.6) is 0 Å². The van der Waals surface area contributed by atoms with Crippen molar-refractivity contribution in [2.24, 2.45) is 7.05 Å². The molecule has 2 heterocycles. The Morgan fingerprint density at radius 1 is 1.62 bits per heavy atom. The Balaban J connectivity index is 1.91. The summed E-state index contributed by atoms with van der Waals surface area (Å²) < 4.78 is 2.98. The molecule has 2 aromatic heterocycles. The van der Waals surface area contributed by atoms with Gasteiger partial charge in [0.1, 0.15) is 0 Å². The van der Waals surface area contributed by atoms with Crippen LogP contribution in [0.25, 0.3) is 0 Å². The van der Waals surface area contributed by atoms with E-state index in [-0.39, 0.29) is 0 Å². The molecular weight excluding hydrogens is 286 g/mol. The first-order valence-electron chi connectivity index (χ1n) is 5.10. The van der Waals surface area contributed by atoms with Gasteiger partial charge in [0.05, 0.1) is 6.20 Å². The number of rotatable bonds is 4. The quantitative estimate of drug-likeness (QED) is 0.940. The molecular formula is C11H14BrN3S. The lowest BCUT2D eigenvalue weighted by Crippen LogP contribution is -2.16. The molecule has 0 saturated carbocycles. The number of hydrogen-bond donors (Lipinski definition) is 1. The number of aromatic nitrogens is 2. The molecule has 1 atom stereocenters. The Labute approximate surface area is 108 Å². The van der Waals surface area contributed by atoms with Gasteiger partial charge >= 0.3 is 0 Å². The van der Waals surface area contributed by atoms with E-state index in [1.54, 1.807) is 11.3 Å². The highest BCUT2D eigenvalue weighted by atomic mass is 79.9. The third kappa shape index (κ3) is 2.93. The Hall–Kier alpha value is -0.650. The molecule has 0 aliphatic rings. The standard InChI is InChI=1S/C11H14BrN3S/c1-8(9-4-14-15(2)6-9)13-5-11-3-10(12)7-16-11/h3-4,6-8,13H,5H2,1-2H3. The smallest absolute Gasteiger partial charge is 0.0537 e. The van der Waals surface area contributed by atoms with Crippen LogP contribution in [0.15, 0.2) is 28.3 Å². The number of aryl methyl sites for hydroxylation is 1. The Kier molecular flexibility index (Phi) is 3.78. The highest BCUT2D eigenvalue weighted by Crippen LogP contribution is 2.20. The molecule has 0 spiro atoms. The number of halogens is 1. The van der Waals surface area contributed by atoms with Gasteiger partial charge in [0.15, 0.2) is 0 Å². The molecule has 16 heavy (non-hydrogen) atoms. The third-order valence-electron chi connectivity index (χ3n) is 2.43. The van der Waals surface area contributed by atoms with Crippen LogP contribution in [-0.4, -0.2) is 9.78 Å². The van der Waals surface area contributed by atoms with E-state index in [2.05, 4.69) is 44.7 Å². The summed E-state index contributed by atoms with van der Waals surface area (Å²) in [5.74, 6) is 0. The van der Waals surface area contributed by atoms with Crippen molar-refractivity contribution in [3.63, 3.8) is 0 Å². The second kappa shape index (κ2) is 5.12. The van der Waals surface area contributed by atoms with Gasteiger partial charge in [-0.2, -0.15) is 5.10 Å². The van der Waals surface area contributed by atoms with Crippen molar-refractivity contribution in [1.29, 1.82) is 0 Å². The summed E-state index contributed by atoms with van der Waals surface area (Å²) in [5.41, 5.74) is 1.22. The van der Waals surface area contributed by atoms with E-state index in [1.807, 2.05) is 24.1 Å². The van der Waals surface area contributed by atoms with E-state index < -0.39 is 0 Å². The fourth-order valence-electron chi connectivity index (χ4n) is 1.48. The van der Waals surface area contributed by atoms with Gasteiger partial charge in [0.25, 0.3) is 0 Å². The average molecular weight is 300 g/mol. The molecule has 2 aromatic rings. The predicted molar refractivity (Wildman–Crippen MR) is 70.5 cm³/mol. The molecule has 0 fully saturated rings. The Morgan fingerprint density at radius 2 is 2.44 bits per heavy atom. The summed E-state index contributed by atoms with van der Waals surface area (Å²) in [6, 6.07) is 2.47. The van der Waals surface area contributed by atoms with Crippen LogP contribution in [0.2, 0.25) is 0 Å². The molecule has 0 aromatic carbocycles. The molecule has 3 nitrogen and oxygen atoms in total. The highest BCUT2D eigenvalue weighted by molar-refractivity contribution is 9.10. The number of hydrogen-bond acceptors (Lipinski definition) is 3. The maximum atomic E-state index is 4.17. The molecule has 0 radical (unpaired) electrons. The number of thiophene rings is 1. The predicted octanol–water partition coefficient (Wildman–Crippen LogP) is 3.09. The van der Waals surface area contributed by atoms with Gasteiger partial charge in [-0.15, -0.1) is 11.3 Å². The third-order valence-corrected chi connectivity index (χ3v) is 4.13. The van der Waals surface area contributed by atoms with Crippen molar-refractivity contribution in [2.45, 2.75) is 19.5 Å². The van der Waals surface area contributed by atoms with Crippen LogP contribution < -0.4 is 5.32 Å². The van der Waals surface area contributed by atoms with Gasteiger partial charge in [-0.3, -0.25) is 4.68 Å². The van der Waals surface area contributed by atoms with Gasteiger partial charge in [-0.25, -0.2) is 0 Å². The summed E-state index contributed by atoms with van der Waals surface area (Å²) in [4.78, 5) is 1.34. The lowest BCUT2D eigenvalue weighted by Gasteiger charge is -2.10. The molecule has 86 valence electrons. The van der Waals surface area contributed by atoms with E-state index in [4.69, 9.17) is 0 Å². The summed E-state index contributed by atoms with van der Waals surface area (Å²) >= 11 is 5.22. The van der Waals surface area contributed by atoms with Gasteiger partial charge in [0.2, 0.25) is 0 Å². The van der Waals surface area contributed by atoms with Gasteiger partial charge in [-0.05, 0) is 28.9 Å². The molecule has 2 rings (SSSR count). The lowest BCUT2D eigenvalue weighted by atomic mass is 10.2. The van der Waals surface area contributed by atoms with E-state index in [0.29, 0.717) is 6.04 Å². The SMILES string of the molecule is CC(NCc1cc(Br)cs1)c1cnn(C)c1. The first-order chi connectivity index (χ1) is 7.65. The summed E-state index contributed by atoms with van der Waals surface area (Å²) in [6.07, 6.45) is 3.95. The molecule has 1 unspecified atom stereocenters. The van der Waals surface area contributed by atoms with Gasteiger partial charge in [-0.1, -0.05) is 0 Å².